The fraction of sp³-hybridized carbons (Fsp3) is 0.923. The standard InChI is InChI=1S/C13H26N2OS/c1-4-10(3)14-9-13(16)15-11-7-6-8-12(11)17-5-2/h10-12,14H,4-9H2,1-3H3,(H,15,16). The van der Waals surface area contributed by atoms with Crippen molar-refractivity contribution in [3.05, 3.63) is 0 Å². The van der Waals surface area contributed by atoms with E-state index in [1.54, 1.807) is 0 Å². The number of carbonyl (C=O) groups is 1. The summed E-state index contributed by atoms with van der Waals surface area (Å²) in [5, 5.41) is 7.04. The van der Waals surface area contributed by atoms with Gasteiger partial charge in [0.2, 0.25) is 5.91 Å². The van der Waals surface area contributed by atoms with Gasteiger partial charge in [0.1, 0.15) is 0 Å². The second-order valence-electron chi connectivity index (χ2n) is 4.79. The largest absolute Gasteiger partial charge is 0.351 e. The predicted molar refractivity (Wildman–Crippen MR) is 75.5 cm³/mol. The summed E-state index contributed by atoms with van der Waals surface area (Å²) in [6.07, 6.45) is 4.71. The molecule has 0 aliphatic heterocycles. The van der Waals surface area contributed by atoms with Crippen LogP contribution in [0.25, 0.3) is 0 Å². The molecule has 17 heavy (non-hydrogen) atoms. The summed E-state index contributed by atoms with van der Waals surface area (Å²) >= 11 is 1.98. The zero-order chi connectivity index (χ0) is 12.7. The van der Waals surface area contributed by atoms with Crippen molar-refractivity contribution >= 4 is 17.7 Å². The van der Waals surface area contributed by atoms with Gasteiger partial charge in [-0.1, -0.05) is 20.3 Å². The van der Waals surface area contributed by atoms with Crippen LogP contribution in [-0.2, 0) is 4.79 Å². The van der Waals surface area contributed by atoms with E-state index in [1.165, 1.54) is 12.8 Å². The fourth-order valence-corrected chi connectivity index (χ4v) is 3.37. The maximum Gasteiger partial charge on any atom is 0.234 e. The van der Waals surface area contributed by atoms with Crippen molar-refractivity contribution in [3.63, 3.8) is 0 Å². The van der Waals surface area contributed by atoms with Crippen molar-refractivity contribution in [1.29, 1.82) is 0 Å². The van der Waals surface area contributed by atoms with Gasteiger partial charge in [0.15, 0.2) is 0 Å². The molecule has 0 aromatic rings. The summed E-state index contributed by atoms with van der Waals surface area (Å²) in [7, 11) is 0. The second kappa shape index (κ2) is 7.98. The van der Waals surface area contributed by atoms with Gasteiger partial charge in [-0.15, -0.1) is 0 Å². The molecule has 0 radical (unpaired) electrons. The van der Waals surface area contributed by atoms with Gasteiger partial charge in [-0.25, -0.2) is 0 Å². The quantitative estimate of drug-likeness (QED) is 0.735. The Kier molecular flexibility index (Phi) is 6.97. The van der Waals surface area contributed by atoms with Gasteiger partial charge < -0.3 is 10.6 Å². The zero-order valence-corrected chi connectivity index (χ0v) is 12.1. The minimum absolute atomic E-state index is 0.152. The summed E-state index contributed by atoms with van der Waals surface area (Å²) in [6, 6.07) is 0.816. The lowest BCUT2D eigenvalue weighted by molar-refractivity contribution is -0.121. The molecular formula is C13H26N2OS. The highest BCUT2D eigenvalue weighted by atomic mass is 32.2. The van der Waals surface area contributed by atoms with E-state index < -0.39 is 0 Å². The molecular weight excluding hydrogens is 232 g/mol. The maximum absolute atomic E-state index is 11.8. The fourth-order valence-electron chi connectivity index (χ4n) is 2.17. The van der Waals surface area contributed by atoms with Crippen molar-refractivity contribution in [2.75, 3.05) is 12.3 Å². The lowest BCUT2D eigenvalue weighted by Gasteiger charge is -2.20. The Bertz CT molecular complexity index is 235. The van der Waals surface area contributed by atoms with Crippen LogP contribution in [0.4, 0.5) is 0 Å². The van der Waals surface area contributed by atoms with Crippen molar-refractivity contribution < 1.29 is 4.79 Å². The van der Waals surface area contributed by atoms with E-state index >= 15 is 0 Å². The molecule has 0 bridgehead atoms. The number of amides is 1. The minimum Gasteiger partial charge on any atom is -0.351 e. The van der Waals surface area contributed by atoms with Gasteiger partial charge in [-0.2, -0.15) is 11.8 Å². The number of thioether (sulfide) groups is 1. The van der Waals surface area contributed by atoms with Crippen LogP contribution in [0.2, 0.25) is 0 Å². The summed E-state index contributed by atoms with van der Waals surface area (Å²) in [5.41, 5.74) is 0. The maximum atomic E-state index is 11.8. The van der Waals surface area contributed by atoms with Crippen molar-refractivity contribution in [3.8, 4) is 0 Å². The van der Waals surface area contributed by atoms with Gasteiger partial charge >= 0.3 is 0 Å². The highest BCUT2D eigenvalue weighted by molar-refractivity contribution is 7.99. The molecule has 0 spiro atoms. The third-order valence-corrected chi connectivity index (χ3v) is 4.73. The first-order valence-electron chi connectivity index (χ1n) is 6.81. The van der Waals surface area contributed by atoms with E-state index in [9.17, 15) is 4.79 Å². The molecule has 1 aliphatic rings. The number of hydrogen-bond donors (Lipinski definition) is 2. The molecule has 3 atom stereocenters. The van der Waals surface area contributed by atoms with Crippen LogP contribution in [0, 0.1) is 0 Å². The normalized spacial score (nSPS) is 25.8. The van der Waals surface area contributed by atoms with E-state index in [4.69, 9.17) is 0 Å². The van der Waals surface area contributed by atoms with E-state index in [2.05, 4.69) is 31.4 Å². The van der Waals surface area contributed by atoms with E-state index in [0.717, 1.165) is 18.6 Å². The smallest absolute Gasteiger partial charge is 0.234 e. The first-order chi connectivity index (χ1) is 8.17. The van der Waals surface area contributed by atoms with E-state index in [1.807, 2.05) is 11.8 Å². The first-order valence-corrected chi connectivity index (χ1v) is 7.86. The number of hydrogen-bond acceptors (Lipinski definition) is 3. The third kappa shape index (κ3) is 5.30. The SMILES string of the molecule is CCSC1CCCC1NC(=O)CNC(C)CC. The second-order valence-corrected chi connectivity index (χ2v) is 6.31. The summed E-state index contributed by atoms with van der Waals surface area (Å²) < 4.78 is 0. The molecule has 100 valence electrons. The van der Waals surface area contributed by atoms with Crippen LogP contribution < -0.4 is 10.6 Å². The lowest BCUT2D eigenvalue weighted by atomic mass is 10.2. The topological polar surface area (TPSA) is 41.1 Å². The Morgan fingerprint density at radius 1 is 1.41 bits per heavy atom. The molecule has 0 heterocycles. The van der Waals surface area contributed by atoms with Crippen LogP contribution >= 0.6 is 11.8 Å². The molecule has 2 N–H and O–H groups in total. The molecule has 1 aliphatic carbocycles. The van der Waals surface area contributed by atoms with Crippen LogP contribution in [0.5, 0.6) is 0 Å². The van der Waals surface area contributed by atoms with Gasteiger partial charge in [0.25, 0.3) is 0 Å². The summed E-state index contributed by atoms with van der Waals surface area (Å²) in [4.78, 5) is 11.8. The summed E-state index contributed by atoms with van der Waals surface area (Å²) in [5.74, 6) is 1.29. The monoisotopic (exact) mass is 258 g/mol. The Labute approximate surface area is 109 Å². The van der Waals surface area contributed by atoms with Crippen molar-refractivity contribution in [2.45, 2.75) is 63.8 Å². The molecule has 1 saturated carbocycles. The van der Waals surface area contributed by atoms with Crippen LogP contribution in [0.1, 0.15) is 46.5 Å². The Balaban J connectivity index is 2.25. The Hall–Kier alpha value is -0.220. The molecule has 0 aromatic heterocycles. The molecule has 3 nitrogen and oxygen atoms in total. The van der Waals surface area contributed by atoms with Gasteiger partial charge in [0.05, 0.1) is 6.54 Å². The van der Waals surface area contributed by atoms with E-state index in [0.29, 0.717) is 23.9 Å². The van der Waals surface area contributed by atoms with Crippen LogP contribution in [-0.4, -0.2) is 35.5 Å². The van der Waals surface area contributed by atoms with Gasteiger partial charge in [0, 0.05) is 17.3 Å². The Morgan fingerprint density at radius 3 is 2.82 bits per heavy atom. The lowest BCUT2D eigenvalue weighted by Crippen LogP contribution is -2.44. The molecule has 1 amide bonds. The first kappa shape index (κ1) is 14.8. The Morgan fingerprint density at radius 2 is 2.18 bits per heavy atom. The molecule has 3 unspecified atom stereocenters. The number of nitrogens with one attached hydrogen (secondary N) is 2. The van der Waals surface area contributed by atoms with Gasteiger partial charge in [-0.05, 0) is 31.9 Å². The molecule has 4 heteroatoms. The predicted octanol–water partition coefficient (Wildman–Crippen LogP) is 2.16. The van der Waals surface area contributed by atoms with Crippen LogP contribution in [0.15, 0.2) is 0 Å². The zero-order valence-electron chi connectivity index (χ0n) is 11.3. The average Bonchev–Trinajstić information content (AvgIpc) is 2.74. The van der Waals surface area contributed by atoms with Gasteiger partial charge in [-0.3, -0.25) is 4.79 Å². The highest BCUT2D eigenvalue weighted by Gasteiger charge is 2.28. The number of carbonyl (C=O) groups excluding carboxylic acids is 1. The van der Waals surface area contributed by atoms with E-state index in [-0.39, 0.29) is 5.91 Å². The van der Waals surface area contributed by atoms with Crippen LogP contribution in [0.3, 0.4) is 0 Å². The van der Waals surface area contributed by atoms with Crippen molar-refractivity contribution in [2.24, 2.45) is 0 Å². The molecule has 1 fully saturated rings. The number of rotatable bonds is 7. The minimum atomic E-state index is 0.152. The molecule has 1 rings (SSSR count). The molecule has 0 saturated heterocycles. The van der Waals surface area contributed by atoms with Crippen molar-refractivity contribution in [1.82, 2.24) is 10.6 Å². The average molecular weight is 258 g/mol. The summed E-state index contributed by atoms with van der Waals surface area (Å²) in [6.45, 7) is 6.88. The third-order valence-electron chi connectivity index (χ3n) is 3.40. The molecule has 0 aromatic carbocycles. The highest BCUT2D eigenvalue weighted by Crippen LogP contribution is 2.29.